The summed E-state index contributed by atoms with van der Waals surface area (Å²) < 4.78 is 10.9. The Morgan fingerprint density at radius 3 is 2.71 bits per heavy atom. The number of nitro benzene ring substituents is 1. The van der Waals surface area contributed by atoms with Gasteiger partial charge in [-0.3, -0.25) is 14.9 Å². The van der Waals surface area contributed by atoms with Crippen LogP contribution in [0.3, 0.4) is 0 Å². The third-order valence-electron chi connectivity index (χ3n) is 3.71. The Hall–Kier alpha value is -3.20. The molecule has 1 N–H and O–H groups in total. The molecule has 0 unspecified atom stereocenters. The van der Waals surface area contributed by atoms with Gasteiger partial charge in [0.25, 0.3) is 11.6 Å². The van der Waals surface area contributed by atoms with E-state index in [0.29, 0.717) is 16.9 Å². The molecule has 28 heavy (non-hydrogen) atoms. The maximum atomic E-state index is 12.0. The molecule has 0 aromatic heterocycles. The summed E-state index contributed by atoms with van der Waals surface area (Å²) >= 11 is 3.33. The van der Waals surface area contributed by atoms with Crippen molar-refractivity contribution < 1.29 is 24.0 Å². The van der Waals surface area contributed by atoms with Gasteiger partial charge in [0.05, 0.1) is 23.3 Å². The lowest BCUT2D eigenvalue weighted by atomic mass is 10.1. The molecule has 0 atom stereocenters. The van der Waals surface area contributed by atoms with Gasteiger partial charge in [0.2, 0.25) is 0 Å². The van der Waals surface area contributed by atoms with Crippen molar-refractivity contribution in [2.24, 2.45) is 0 Å². The van der Waals surface area contributed by atoms with Gasteiger partial charge in [-0.05, 0) is 37.3 Å². The second-order valence-electron chi connectivity index (χ2n) is 5.58. The lowest BCUT2D eigenvalue weighted by molar-refractivity contribution is -0.385. The number of carbonyl (C=O) groups is 2. The number of nitro groups is 1. The van der Waals surface area contributed by atoms with Gasteiger partial charge in [0.1, 0.15) is 5.75 Å². The summed E-state index contributed by atoms with van der Waals surface area (Å²) in [4.78, 5) is 34.2. The molecule has 146 valence electrons. The van der Waals surface area contributed by atoms with Gasteiger partial charge in [-0.2, -0.15) is 0 Å². The van der Waals surface area contributed by atoms with Crippen LogP contribution in [0.2, 0.25) is 0 Å². The molecule has 2 rings (SSSR count). The molecule has 2 aromatic carbocycles. The minimum absolute atomic E-state index is 0.110. The predicted molar refractivity (Wildman–Crippen MR) is 107 cm³/mol. The molecule has 0 aliphatic rings. The Morgan fingerprint density at radius 1 is 1.29 bits per heavy atom. The molecule has 2 aromatic rings. The fraction of sp³-hybridized carbons (Fsp3) is 0.158. The molecular formula is C19H17BrN2O6. The van der Waals surface area contributed by atoms with E-state index in [1.807, 2.05) is 0 Å². The topological polar surface area (TPSA) is 108 Å². The Morgan fingerprint density at radius 2 is 2.04 bits per heavy atom. The number of hydrogen-bond donors (Lipinski definition) is 1. The lowest BCUT2D eigenvalue weighted by Crippen LogP contribution is -2.20. The van der Waals surface area contributed by atoms with Crippen LogP contribution in [0.4, 0.5) is 11.4 Å². The Bertz CT molecular complexity index is 942. The SMILES string of the molecule is COc1ccc(Br)cc1/C=C/C(=O)OCC(=O)Nc1cccc([N+](=O)[O-])c1C. The summed E-state index contributed by atoms with van der Waals surface area (Å²) in [5, 5.41) is 13.4. The van der Waals surface area contributed by atoms with Crippen LogP contribution in [0.15, 0.2) is 46.9 Å². The molecule has 1 amide bonds. The first-order valence-electron chi connectivity index (χ1n) is 8.04. The summed E-state index contributed by atoms with van der Waals surface area (Å²) in [6.45, 7) is 0.995. The normalized spacial score (nSPS) is 10.5. The summed E-state index contributed by atoms with van der Waals surface area (Å²) in [6.07, 6.45) is 2.69. The number of anilines is 1. The highest BCUT2D eigenvalue weighted by atomic mass is 79.9. The highest BCUT2D eigenvalue weighted by Crippen LogP contribution is 2.25. The molecule has 9 heteroatoms. The van der Waals surface area contributed by atoms with Gasteiger partial charge in [-0.25, -0.2) is 4.79 Å². The van der Waals surface area contributed by atoms with Crippen LogP contribution in [0.1, 0.15) is 11.1 Å². The van der Waals surface area contributed by atoms with Gasteiger partial charge < -0.3 is 14.8 Å². The monoisotopic (exact) mass is 448 g/mol. The molecule has 0 radical (unpaired) electrons. The highest BCUT2D eigenvalue weighted by Gasteiger charge is 2.15. The van der Waals surface area contributed by atoms with Gasteiger partial charge in [-0.15, -0.1) is 0 Å². The summed E-state index contributed by atoms with van der Waals surface area (Å²) in [5.74, 6) is -0.746. The number of nitrogens with zero attached hydrogens (tertiary/aromatic N) is 1. The number of hydrogen-bond acceptors (Lipinski definition) is 6. The number of benzene rings is 2. The van der Waals surface area contributed by atoms with E-state index in [-0.39, 0.29) is 11.4 Å². The zero-order valence-electron chi connectivity index (χ0n) is 15.1. The molecule has 0 fully saturated rings. The maximum Gasteiger partial charge on any atom is 0.331 e. The molecule has 0 saturated carbocycles. The highest BCUT2D eigenvalue weighted by molar-refractivity contribution is 9.10. The Balaban J connectivity index is 1.95. The van der Waals surface area contributed by atoms with Gasteiger partial charge in [0.15, 0.2) is 6.61 Å². The van der Waals surface area contributed by atoms with Crippen LogP contribution in [0.25, 0.3) is 6.08 Å². The van der Waals surface area contributed by atoms with E-state index >= 15 is 0 Å². The van der Waals surface area contributed by atoms with Crippen LogP contribution in [-0.4, -0.2) is 30.5 Å². The zero-order valence-corrected chi connectivity index (χ0v) is 16.7. The van der Waals surface area contributed by atoms with Crippen LogP contribution >= 0.6 is 15.9 Å². The third-order valence-corrected chi connectivity index (χ3v) is 4.21. The minimum atomic E-state index is -0.715. The van der Waals surface area contributed by atoms with Crippen molar-refractivity contribution in [3.8, 4) is 5.75 Å². The van der Waals surface area contributed by atoms with E-state index in [1.165, 1.54) is 44.4 Å². The summed E-state index contributed by atoms with van der Waals surface area (Å²) in [6, 6.07) is 9.63. The van der Waals surface area contributed by atoms with E-state index in [1.54, 1.807) is 18.2 Å². The minimum Gasteiger partial charge on any atom is -0.496 e. The summed E-state index contributed by atoms with van der Waals surface area (Å²) in [5.41, 5.74) is 1.14. The van der Waals surface area contributed by atoms with Crippen molar-refractivity contribution in [2.75, 3.05) is 19.0 Å². The molecule has 0 saturated heterocycles. The average Bonchev–Trinajstić information content (AvgIpc) is 2.66. The van der Waals surface area contributed by atoms with Crippen molar-refractivity contribution in [3.63, 3.8) is 0 Å². The van der Waals surface area contributed by atoms with Crippen molar-refractivity contribution in [1.82, 2.24) is 0 Å². The average molecular weight is 449 g/mol. The van der Waals surface area contributed by atoms with Crippen molar-refractivity contribution >= 4 is 45.3 Å². The first-order valence-corrected chi connectivity index (χ1v) is 8.83. The number of methoxy groups -OCH3 is 1. The standard InChI is InChI=1S/C19H17BrN2O6/c1-12-15(4-3-5-16(12)22(25)26)21-18(23)11-28-19(24)9-6-13-10-14(20)7-8-17(13)27-2/h3-10H,11H2,1-2H3,(H,21,23)/b9-6+. The predicted octanol–water partition coefficient (Wildman–Crippen LogP) is 3.87. The maximum absolute atomic E-state index is 12.0. The molecule has 0 bridgehead atoms. The van der Waals surface area contributed by atoms with Crippen molar-refractivity contribution in [3.05, 3.63) is 68.2 Å². The van der Waals surface area contributed by atoms with Gasteiger partial charge >= 0.3 is 5.97 Å². The van der Waals surface area contributed by atoms with E-state index in [4.69, 9.17) is 9.47 Å². The van der Waals surface area contributed by atoms with Crippen LogP contribution in [-0.2, 0) is 14.3 Å². The number of rotatable bonds is 7. The summed E-state index contributed by atoms with van der Waals surface area (Å²) in [7, 11) is 1.51. The smallest absolute Gasteiger partial charge is 0.331 e. The molecular weight excluding hydrogens is 432 g/mol. The molecule has 0 aliphatic carbocycles. The molecule has 0 spiro atoms. The van der Waals surface area contributed by atoms with Crippen LogP contribution in [0.5, 0.6) is 5.75 Å². The second kappa shape index (κ2) is 9.65. The number of amides is 1. The zero-order chi connectivity index (χ0) is 20.7. The van der Waals surface area contributed by atoms with E-state index in [0.717, 1.165) is 4.47 Å². The third kappa shape index (κ3) is 5.65. The number of esters is 1. The second-order valence-corrected chi connectivity index (χ2v) is 6.50. The Labute approximate surface area is 169 Å². The van der Waals surface area contributed by atoms with E-state index in [2.05, 4.69) is 21.2 Å². The van der Waals surface area contributed by atoms with Crippen LogP contribution < -0.4 is 10.1 Å². The fourth-order valence-electron chi connectivity index (χ4n) is 2.32. The first kappa shape index (κ1) is 21.1. The van der Waals surface area contributed by atoms with Crippen molar-refractivity contribution in [2.45, 2.75) is 6.92 Å². The van der Waals surface area contributed by atoms with E-state index in [9.17, 15) is 19.7 Å². The van der Waals surface area contributed by atoms with Gasteiger partial charge in [0, 0.05) is 22.2 Å². The Kier molecular flexibility index (Phi) is 7.28. The molecule has 8 nitrogen and oxygen atoms in total. The fourth-order valence-corrected chi connectivity index (χ4v) is 2.70. The van der Waals surface area contributed by atoms with Crippen LogP contribution in [0, 0.1) is 17.0 Å². The number of halogens is 1. The largest absolute Gasteiger partial charge is 0.496 e. The molecule has 0 heterocycles. The first-order chi connectivity index (χ1) is 13.3. The lowest BCUT2D eigenvalue weighted by Gasteiger charge is -2.08. The van der Waals surface area contributed by atoms with Gasteiger partial charge in [-0.1, -0.05) is 22.0 Å². The quantitative estimate of drug-likeness (QED) is 0.298. The molecule has 0 aliphatic heterocycles. The number of carbonyl (C=O) groups excluding carboxylic acids is 2. The number of ether oxygens (including phenoxy) is 2. The number of nitrogens with one attached hydrogen (secondary N) is 1. The van der Waals surface area contributed by atoms with Crippen molar-refractivity contribution in [1.29, 1.82) is 0 Å². The van der Waals surface area contributed by atoms with E-state index < -0.39 is 23.4 Å².